The Bertz CT molecular complexity index is 957. The van der Waals surface area contributed by atoms with E-state index in [4.69, 9.17) is 9.47 Å². The Hall–Kier alpha value is -3.27. The van der Waals surface area contributed by atoms with Crippen LogP contribution in [-0.4, -0.2) is 30.6 Å². The molecule has 4 nitrogen and oxygen atoms in total. The van der Waals surface area contributed by atoms with Crippen LogP contribution in [0.1, 0.15) is 34.3 Å². The highest BCUT2D eigenvalue weighted by molar-refractivity contribution is 5.95. The van der Waals surface area contributed by atoms with E-state index in [0.717, 1.165) is 24.8 Å². The monoisotopic (exact) mass is 401 g/mol. The van der Waals surface area contributed by atoms with Gasteiger partial charge in [0.05, 0.1) is 13.2 Å². The van der Waals surface area contributed by atoms with Crippen molar-refractivity contribution in [2.75, 3.05) is 19.8 Å². The molecular weight excluding hydrogens is 374 g/mol. The van der Waals surface area contributed by atoms with Crippen LogP contribution < -0.4 is 9.47 Å². The summed E-state index contributed by atoms with van der Waals surface area (Å²) in [6.45, 7) is 2.52. The quantitative estimate of drug-likeness (QED) is 0.551. The Morgan fingerprint density at radius 2 is 1.47 bits per heavy atom. The maximum absolute atomic E-state index is 13.4. The Balaban J connectivity index is 1.50. The zero-order chi connectivity index (χ0) is 20.6. The number of carbonyl (C=O) groups excluding carboxylic acids is 1. The highest BCUT2D eigenvalue weighted by Gasteiger charge is 2.19. The van der Waals surface area contributed by atoms with Crippen molar-refractivity contribution in [2.45, 2.75) is 25.8 Å². The molecule has 4 heteroatoms. The van der Waals surface area contributed by atoms with Gasteiger partial charge in [0.2, 0.25) is 0 Å². The summed E-state index contributed by atoms with van der Waals surface area (Å²) in [5, 5.41) is 0. The minimum Gasteiger partial charge on any atom is -0.490 e. The molecule has 0 N–H and O–H groups in total. The minimum absolute atomic E-state index is 0.0163. The van der Waals surface area contributed by atoms with Crippen LogP contribution >= 0.6 is 0 Å². The standard InChI is InChI=1S/C26H27NO3/c28-26(23-14-15-24-25(19-23)30-18-8-17-29-24)27(20-22-11-5-2-6-12-22)16-7-13-21-9-3-1-4-10-21/h1-6,9-12,14-15,19H,7-8,13,16-18,20H2. The normalized spacial score (nSPS) is 12.8. The molecule has 0 saturated heterocycles. The van der Waals surface area contributed by atoms with Gasteiger partial charge in [0.15, 0.2) is 11.5 Å². The lowest BCUT2D eigenvalue weighted by atomic mass is 10.1. The topological polar surface area (TPSA) is 38.8 Å². The lowest BCUT2D eigenvalue weighted by Gasteiger charge is -2.23. The van der Waals surface area contributed by atoms with Crippen molar-refractivity contribution in [3.8, 4) is 11.5 Å². The number of nitrogens with zero attached hydrogens (tertiary/aromatic N) is 1. The summed E-state index contributed by atoms with van der Waals surface area (Å²) < 4.78 is 11.5. The molecule has 0 bridgehead atoms. The fourth-order valence-corrected chi connectivity index (χ4v) is 3.65. The van der Waals surface area contributed by atoms with Gasteiger partial charge in [0.1, 0.15) is 0 Å². The third-order valence-electron chi connectivity index (χ3n) is 5.23. The second-order valence-electron chi connectivity index (χ2n) is 7.51. The Kier molecular flexibility index (Phi) is 6.65. The number of amides is 1. The van der Waals surface area contributed by atoms with E-state index in [2.05, 4.69) is 36.4 Å². The van der Waals surface area contributed by atoms with E-state index in [1.165, 1.54) is 5.56 Å². The molecule has 0 saturated carbocycles. The summed E-state index contributed by atoms with van der Waals surface area (Å²) in [6, 6.07) is 26.0. The number of hydrogen-bond acceptors (Lipinski definition) is 3. The first-order valence-corrected chi connectivity index (χ1v) is 10.6. The number of benzene rings is 3. The second kappa shape index (κ2) is 9.97. The number of rotatable bonds is 7. The number of fused-ring (bicyclic) bond motifs is 1. The van der Waals surface area contributed by atoms with E-state index in [1.54, 1.807) is 0 Å². The molecule has 4 rings (SSSR count). The molecule has 3 aromatic carbocycles. The van der Waals surface area contributed by atoms with Crippen molar-refractivity contribution >= 4 is 5.91 Å². The molecule has 30 heavy (non-hydrogen) atoms. The zero-order valence-electron chi connectivity index (χ0n) is 17.1. The van der Waals surface area contributed by atoms with Gasteiger partial charge in [-0.2, -0.15) is 0 Å². The van der Waals surface area contributed by atoms with Gasteiger partial charge in [0, 0.05) is 25.1 Å². The third-order valence-corrected chi connectivity index (χ3v) is 5.23. The lowest BCUT2D eigenvalue weighted by Crippen LogP contribution is -2.31. The van der Waals surface area contributed by atoms with E-state index in [1.807, 2.05) is 47.4 Å². The van der Waals surface area contributed by atoms with Crippen molar-refractivity contribution in [2.24, 2.45) is 0 Å². The summed E-state index contributed by atoms with van der Waals surface area (Å²) in [7, 11) is 0. The molecule has 0 radical (unpaired) electrons. The third kappa shape index (κ3) is 5.20. The van der Waals surface area contributed by atoms with E-state index in [-0.39, 0.29) is 5.91 Å². The zero-order valence-corrected chi connectivity index (χ0v) is 17.1. The molecule has 1 heterocycles. The molecule has 0 fully saturated rings. The Morgan fingerprint density at radius 3 is 2.20 bits per heavy atom. The first kappa shape index (κ1) is 20.0. The SMILES string of the molecule is O=C(c1ccc2c(c1)OCCCO2)N(CCCc1ccccc1)Cc1ccccc1. The van der Waals surface area contributed by atoms with Gasteiger partial charge in [-0.05, 0) is 42.2 Å². The van der Waals surface area contributed by atoms with E-state index in [0.29, 0.717) is 43.4 Å². The second-order valence-corrected chi connectivity index (χ2v) is 7.51. The van der Waals surface area contributed by atoms with Gasteiger partial charge >= 0.3 is 0 Å². The van der Waals surface area contributed by atoms with Crippen molar-refractivity contribution in [3.05, 3.63) is 95.6 Å². The molecule has 0 unspecified atom stereocenters. The van der Waals surface area contributed by atoms with Gasteiger partial charge in [-0.15, -0.1) is 0 Å². The first-order valence-electron chi connectivity index (χ1n) is 10.6. The average molecular weight is 402 g/mol. The average Bonchev–Trinajstić information content (AvgIpc) is 3.04. The van der Waals surface area contributed by atoms with Gasteiger partial charge in [-0.3, -0.25) is 4.79 Å². The summed E-state index contributed by atoms with van der Waals surface area (Å²) in [5.41, 5.74) is 3.05. The molecule has 0 atom stereocenters. The van der Waals surface area contributed by atoms with Gasteiger partial charge in [0.25, 0.3) is 5.91 Å². The predicted octanol–water partition coefficient (Wildman–Crippen LogP) is 5.12. The van der Waals surface area contributed by atoms with Crippen molar-refractivity contribution in [1.82, 2.24) is 4.90 Å². The molecule has 0 spiro atoms. The molecule has 1 aliphatic heterocycles. The molecular formula is C26H27NO3. The number of hydrogen-bond donors (Lipinski definition) is 0. The smallest absolute Gasteiger partial charge is 0.254 e. The molecule has 154 valence electrons. The van der Waals surface area contributed by atoms with Crippen molar-refractivity contribution < 1.29 is 14.3 Å². The fourth-order valence-electron chi connectivity index (χ4n) is 3.65. The summed E-state index contributed by atoms with van der Waals surface area (Å²) in [4.78, 5) is 15.3. The van der Waals surface area contributed by atoms with Crippen LogP contribution in [0.2, 0.25) is 0 Å². The lowest BCUT2D eigenvalue weighted by molar-refractivity contribution is 0.0740. The van der Waals surface area contributed by atoms with E-state index >= 15 is 0 Å². The van der Waals surface area contributed by atoms with Crippen molar-refractivity contribution in [1.29, 1.82) is 0 Å². The van der Waals surface area contributed by atoms with Crippen LogP contribution in [-0.2, 0) is 13.0 Å². The molecule has 1 aliphatic rings. The summed E-state index contributed by atoms with van der Waals surface area (Å²) in [5.74, 6) is 1.38. The van der Waals surface area contributed by atoms with Crippen LogP contribution in [0.25, 0.3) is 0 Å². The summed E-state index contributed by atoms with van der Waals surface area (Å²) >= 11 is 0. The largest absolute Gasteiger partial charge is 0.490 e. The van der Waals surface area contributed by atoms with Crippen LogP contribution in [0.3, 0.4) is 0 Å². The number of ether oxygens (including phenoxy) is 2. The Labute approximate surface area is 178 Å². The van der Waals surface area contributed by atoms with E-state index in [9.17, 15) is 4.79 Å². The number of carbonyl (C=O) groups is 1. The van der Waals surface area contributed by atoms with Crippen LogP contribution in [0, 0.1) is 0 Å². The number of aryl methyl sites for hydroxylation is 1. The molecule has 1 amide bonds. The van der Waals surface area contributed by atoms with Crippen LogP contribution in [0.5, 0.6) is 11.5 Å². The van der Waals surface area contributed by atoms with Crippen LogP contribution in [0.4, 0.5) is 0 Å². The van der Waals surface area contributed by atoms with Gasteiger partial charge in [-0.1, -0.05) is 60.7 Å². The van der Waals surface area contributed by atoms with Gasteiger partial charge < -0.3 is 14.4 Å². The highest BCUT2D eigenvalue weighted by Crippen LogP contribution is 2.31. The maximum Gasteiger partial charge on any atom is 0.254 e. The van der Waals surface area contributed by atoms with Crippen LogP contribution in [0.15, 0.2) is 78.9 Å². The first-order chi connectivity index (χ1) is 14.8. The molecule has 0 aliphatic carbocycles. The molecule has 0 aromatic heterocycles. The van der Waals surface area contributed by atoms with Crippen molar-refractivity contribution in [3.63, 3.8) is 0 Å². The fraction of sp³-hybridized carbons (Fsp3) is 0.269. The summed E-state index contributed by atoms with van der Waals surface area (Å²) in [6.07, 6.45) is 2.70. The minimum atomic E-state index is 0.0163. The highest BCUT2D eigenvalue weighted by atomic mass is 16.5. The van der Waals surface area contributed by atoms with Gasteiger partial charge in [-0.25, -0.2) is 0 Å². The maximum atomic E-state index is 13.4. The predicted molar refractivity (Wildman–Crippen MR) is 118 cm³/mol. The Morgan fingerprint density at radius 1 is 0.800 bits per heavy atom. The van der Waals surface area contributed by atoms with E-state index < -0.39 is 0 Å². The molecule has 3 aromatic rings.